The van der Waals surface area contributed by atoms with Gasteiger partial charge < -0.3 is 5.73 Å². The molecule has 116 valence electrons. The Labute approximate surface area is 145 Å². The Morgan fingerprint density at radius 1 is 1.18 bits per heavy atom. The molecule has 2 aromatic rings. The first-order valence-corrected chi connectivity index (χ1v) is 9.18. The molecule has 0 spiro atoms. The SMILES string of the molecule is CC[C@@H](C)c1ccc(N=C(N)SCc2ccccc2Br)cc1. The van der Waals surface area contributed by atoms with Crippen molar-refractivity contribution in [1.29, 1.82) is 0 Å². The summed E-state index contributed by atoms with van der Waals surface area (Å²) in [6, 6.07) is 16.5. The van der Waals surface area contributed by atoms with Crippen molar-refractivity contribution >= 4 is 38.5 Å². The molecule has 0 saturated heterocycles. The predicted molar refractivity (Wildman–Crippen MR) is 102 cm³/mol. The minimum atomic E-state index is 0.584. The Morgan fingerprint density at radius 3 is 2.50 bits per heavy atom. The van der Waals surface area contributed by atoms with E-state index in [1.54, 1.807) is 11.8 Å². The van der Waals surface area contributed by atoms with Crippen molar-refractivity contribution in [2.24, 2.45) is 10.7 Å². The highest BCUT2D eigenvalue weighted by molar-refractivity contribution is 9.10. The largest absolute Gasteiger partial charge is 0.378 e. The summed E-state index contributed by atoms with van der Waals surface area (Å²) in [5.74, 6) is 1.39. The van der Waals surface area contributed by atoms with Gasteiger partial charge in [-0.25, -0.2) is 4.99 Å². The standard InChI is InChI=1S/C18H21BrN2S/c1-3-13(2)14-8-10-16(11-9-14)21-18(20)22-12-15-6-4-5-7-17(15)19/h4-11,13H,3,12H2,1-2H3,(H2,20,21)/t13-/m1/s1. The van der Waals surface area contributed by atoms with Crippen molar-refractivity contribution in [2.45, 2.75) is 31.9 Å². The van der Waals surface area contributed by atoms with Gasteiger partial charge >= 0.3 is 0 Å². The number of hydrogen-bond acceptors (Lipinski definition) is 2. The number of nitrogens with zero attached hydrogens (tertiary/aromatic N) is 1. The number of aliphatic imine (C=N–C) groups is 1. The van der Waals surface area contributed by atoms with Gasteiger partial charge in [-0.1, -0.05) is 71.9 Å². The first kappa shape index (κ1) is 17.1. The van der Waals surface area contributed by atoms with E-state index < -0.39 is 0 Å². The number of benzene rings is 2. The Hall–Kier alpha value is -1.26. The molecule has 0 heterocycles. The Morgan fingerprint density at radius 2 is 1.86 bits per heavy atom. The number of rotatable bonds is 5. The van der Waals surface area contributed by atoms with E-state index in [1.165, 1.54) is 11.1 Å². The monoisotopic (exact) mass is 376 g/mol. The normalized spacial score (nSPS) is 13.1. The van der Waals surface area contributed by atoms with Gasteiger partial charge in [0, 0.05) is 10.2 Å². The van der Waals surface area contributed by atoms with Gasteiger partial charge in [0.15, 0.2) is 5.17 Å². The van der Waals surface area contributed by atoms with Crippen molar-refractivity contribution in [3.05, 3.63) is 64.1 Å². The molecule has 0 fully saturated rings. The van der Waals surface area contributed by atoms with E-state index in [1.807, 2.05) is 30.3 Å². The maximum absolute atomic E-state index is 6.03. The second-order valence-electron chi connectivity index (χ2n) is 5.23. The van der Waals surface area contributed by atoms with Crippen LogP contribution >= 0.6 is 27.7 Å². The van der Waals surface area contributed by atoms with Gasteiger partial charge in [0.25, 0.3) is 0 Å². The van der Waals surface area contributed by atoms with Gasteiger partial charge in [0.2, 0.25) is 0 Å². The van der Waals surface area contributed by atoms with Crippen LogP contribution < -0.4 is 5.73 Å². The lowest BCUT2D eigenvalue weighted by Crippen LogP contribution is -2.06. The summed E-state index contributed by atoms with van der Waals surface area (Å²) in [4.78, 5) is 4.47. The Balaban J connectivity index is 1.98. The molecule has 0 aromatic heterocycles. The van der Waals surface area contributed by atoms with E-state index in [2.05, 4.69) is 53.0 Å². The van der Waals surface area contributed by atoms with Crippen LogP contribution in [0.5, 0.6) is 0 Å². The van der Waals surface area contributed by atoms with Crippen molar-refractivity contribution in [3.8, 4) is 0 Å². The second kappa shape index (κ2) is 8.39. The van der Waals surface area contributed by atoms with Gasteiger partial charge in [-0.15, -0.1) is 0 Å². The van der Waals surface area contributed by atoms with Gasteiger partial charge in [0.1, 0.15) is 0 Å². The molecule has 1 atom stereocenters. The second-order valence-corrected chi connectivity index (χ2v) is 7.08. The zero-order valence-electron chi connectivity index (χ0n) is 12.9. The van der Waals surface area contributed by atoms with Crippen molar-refractivity contribution in [2.75, 3.05) is 0 Å². The summed E-state index contributed by atoms with van der Waals surface area (Å²) >= 11 is 5.10. The Kier molecular flexibility index (Phi) is 6.52. The van der Waals surface area contributed by atoms with E-state index in [0.29, 0.717) is 11.1 Å². The molecule has 0 aliphatic heterocycles. The number of hydrogen-bond donors (Lipinski definition) is 1. The van der Waals surface area contributed by atoms with E-state index in [9.17, 15) is 0 Å². The molecule has 0 aliphatic rings. The molecule has 2 aromatic carbocycles. The summed E-state index contributed by atoms with van der Waals surface area (Å²) < 4.78 is 1.10. The van der Waals surface area contributed by atoms with Crippen molar-refractivity contribution in [1.82, 2.24) is 0 Å². The molecule has 22 heavy (non-hydrogen) atoms. The molecule has 0 bridgehead atoms. The van der Waals surface area contributed by atoms with Crippen LogP contribution in [0.25, 0.3) is 0 Å². The molecule has 2 nitrogen and oxygen atoms in total. The number of amidine groups is 1. The van der Waals surface area contributed by atoms with Crippen LogP contribution in [0, 0.1) is 0 Å². The molecular weight excluding hydrogens is 356 g/mol. The third-order valence-electron chi connectivity index (χ3n) is 3.65. The average Bonchev–Trinajstić information content (AvgIpc) is 2.54. The lowest BCUT2D eigenvalue weighted by atomic mass is 9.99. The summed E-state index contributed by atoms with van der Waals surface area (Å²) in [7, 11) is 0. The molecule has 2 N–H and O–H groups in total. The molecule has 4 heteroatoms. The number of nitrogens with two attached hydrogens (primary N) is 1. The third kappa shape index (κ3) is 4.89. The van der Waals surface area contributed by atoms with Crippen LogP contribution in [0.15, 0.2) is 58.0 Å². The van der Waals surface area contributed by atoms with Gasteiger partial charge in [-0.05, 0) is 41.7 Å². The minimum Gasteiger partial charge on any atom is -0.378 e. The van der Waals surface area contributed by atoms with Crippen LogP contribution in [0.3, 0.4) is 0 Å². The van der Waals surface area contributed by atoms with Gasteiger partial charge in [-0.2, -0.15) is 0 Å². The molecule has 0 aliphatic carbocycles. The van der Waals surface area contributed by atoms with Crippen LogP contribution in [-0.2, 0) is 5.75 Å². The fourth-order valence-corrected chi connectivity index (χ4v) is 3.38. The first-order chi connectivity index (χ1) is 10.6. The van der Waals surface area contributed by atoms with Crippen molar-refractivity contribution in [3.63, 3.8) is 0 Å². The molecule has 2 rings (SSSR count). The van der Waals surface area contributed by atoms with Crippen LogP contribution in [-0.4, -0.2) is 5.17 Å². The number of thioether (sulfide) groups is 1. The van der Waals surface area contributed by atoms with Crippen LogP contribution in [0.2, 0.25) is 0 Å². The summed E-state index contributed by atoms with van der Waals surface area (Å²) in [6.07, 6.45) is 1.15. The Bertz CT molecular complexity index is 638. The highest BCUT2D eigenvalue weighted by Crippen LogP contribution is 2.24. The molecule has 0 radical (unpaired) electrons. The fourth-order valence-electron chi connectivity index (χ4n) is 2.04. The smallest absolute Gasteiger partial charge is 0.159 e. The zero-order chi connectivity index (χ0) is 15.9. The van der Waals surface area contributed by atoms with Crippen LogP contribution in [0.4, 0.5) is 5.69 Å². The fraction of sp³-hybridized carbons (Fsp3) is 0.278. The minimum absolute atomic E-state index is 0.584. The maximum atomic E-state index is 6.03. The van der Waals surface area contributed by atoms with E-state index in [-0.39, 0.29) is 0 Å². The van der Waals surface area contributed by atoms with E-state index in [0.717, 1.165) is 22.3 Å². The van der Waals surface area contributed by atoms with Crippen molar-refractivity contribution < 1.29 is 0 Å². The molecular formula is C18H21BrN2S. The third-order valence-corrected chi connectivity index (χ3v) is 5.26. The molecule has 0 unspecified atom stereocenters. The highest BCUT2D eigenvalue weighted by atomic mass is 79.9. The summed E-state index contributed by atoms with van der Waals surface area (Å²) in [6.45, 7) is 4.44. The van der Waals surface area contributed by atoms with E-state index >= 15 is 0 Å². The quantitative estimate of drug-likeness (QED) is 0.525. The topological polar surface area (TPSA) is 38.4 Å². The summed E-state index contributed by atoms with van der Waals surface area (Å²) in [5.41, 5.74) is 9.50. The van der Waals surface area contributed by atoms with Crippen LogP contribution in [0.1, 0.15) is 37.3 Å². The maximum Gasteiger partial charge on any atom is 0.159 e. The zero-order valence-corrected chi connectivity index (χ0v) is 15.3. The highest BCUT2D eigenvalue weighted by Gasteiger charge is 2.03. The summed E-state index contributed by atoms with van der Waals surface area (Å²) in [5, 5.41) is 0.590. The molecule has 0 saturated carbocycles. The number of halogens is 1. The average molecular weight is 377 g/mol. The molecule has 0 amide bonds. The lowest BCUT2D eigenvalue weighted by Gasteiger charge is -2.08. The van der Waals surface area contributed by atoms with E-state index in [4.69, 9.17) is 5.73 Å². The van der Waals surface area contributed by atoms with Gasteiger partial charge in [-0.3, -0.25) is 0 Å². The predicted octanol–water partition coefficient (Wildman–Crippen LogP) is 5.84. The first-order valence-electron chi connectivity index (χ1n) is 7.40. The van der Waals surface area contributed by atoms with Gasteiger partial charge in [0.05, 0.1) is 5.69 Å². The lowest BCUT2D eigenvalue weighted by molar-refractivity contribution is 0.734.